The minimum Gasteiger partial charge on any atom is -0.314 e. The molecule has 2 rings (SSSR count). The number of allylic oxidation sites excluding steroid dienone is 5. The fraction of sp³-hybridized carbons (Fsp3) is 0.429. The molecule has 0 saturated heterocycles. The van der Waals surface area contributed by atoms with Gasteiger partial charge < -0.3 is 4.90 Å². The van der Waals surface area contributed by atoms with E-state index in [2.05, 4.69) is 33.4 Å². The number of nitrogens with zero attached hydrogens (tertiary/aromatic N) is 2. The highest BCUT2D eigenvalue weighted by atomic mass is 19.1. The number of hydrogen-bond acceptors (Lipinski definition) is 3. The van der Waals surface area contributed by atoms with Crippen LogP contribution in [0, 0.1) is 24.1 Å². The van der Waals surface area contributed by atoms with Crippen LogP contribution in [0.2, 0.25) is 0 Å². The summed E-state index contributed by atoms with van der Waals surface area (Å²) < 4.78 is 13.0. The Labute approximate surface area is 193 Å². The number of halogens is 1. The minimum atomic E-state index is -0.0800. The first-order valence-corrected chi connectivity index (χ1v) is 11.5. The van der Waals surface area contributed by atoms with Crippen LogP contribution in [0.25, 0.3) is 0 Å². The smallest absolute Gasteiger partial charge is 0.176 e. The lowest BCUT2D eigenvalue weighted by atomic mass is 10.0. The SMILES string of the molecule is C=C1C=CC(CC#N)=CN1/C(C(C)=O)=C(/CC)CCC.CCCCc1ccc(C)c(F)c1. The van der Waals surface area contributed by atoms with Gasteiger partial charge in [0.15, 0.2) is 5.78 Å². The molecule has 4 heteroatoms. The molecular formula is C28H37FN2O. The third-order valence-electron chi connectivity index (χ3n) is 5.32. The molecule has 1 aliphatic heterocycles. The molecule has 0 amide bonds. The number of ketones is 1. The van der Waals surface area contributed by atoms with Crippen molar-refractivity contribution in [1.29, 1.82) is 5.26 Å². The maximum atomic E-state index is 13.0. The summed E-state index contributed by atoms with van der Waals surface area (Å²) >= 11 is 0. The van der Waals surface area contributed by atoms with Crippen molar-refractivity contribution in [3.8, 4) is 6.07 Å². The van der Waals surface area contributed by atoms with E-state index in [0.29, 0.717) is 12.1 Å². The maximum Gasteiger partial charge on any atom is 0.176 e. The predicted molar refractivity (Wildman–Crippen MR) is 131 cm³/mol. The van der Waals surface area contributed by atoms with Crippen molar-refractivity contribution in [2.75, 3.05) is 0 Å². The first kappa shape index (κ1) is 27.1. The van der Waals surface area contributed by atoms with Gasteiger partial charge in [-0.1, -0.05) is 58.4 Å². The Bertz CT molecular complexity index is 931. The summed E-state index contributed by atoms with van der Waals surface area (Å²) in [7, 11) is 0. The molecule has 0 N–H and O–H groups in total. The van der Waals surface area contributed by atoms with E-state index >= 15 is 0 Å². The Morgan fingerprint density at radius 1 is 1.19 bits per heavy atom. The molecule has 1 heterocycles. The normalized spacial score (nSPS) is 13.6. The molecule has 3 nitrogen and oxygen atoms in total. The van der Waals surface area contributed by atoms with Gasteiger partial charge >= 0.3 is 0 Å². The number of hydrogen-bond donors (Lipinski definition) is 0. The Kier molecular flexibility index (Phi) is 12.0. The van der Waals surface area contributed by atoms with Gasteiger partial charge in [-0.05, 0) is 67.0 Å². The molecule has 0 aromatic heterocycles. The number of unbranched alkanes of at least 4 members (excludes halogenated alkanes) is 1. The first-order valence-electron chi connectivity index (χ1n) is 11.5. The molecule has 0 spiro atoms. The van der Waals surface area contributed by atoms with Crippen molar-refractivity contribution >= 4 is 5.78 Å². The van der Waals surface area contributed by atoms with E-state index in [1.54, 1.807) is 19.9 Å². The van der Waals surface area contributed by atoms with Crippen molar-refractivity contribution in [3.05, 3.63) is 82.6 Å². The van der Waals surface area contributed by atoms with Crippen LogP contribution in [0.1, 0.15) is 77.3 Å². The van der Waals surface area contributed by atoms with E-state index in [1.165, 1.54) is 0 Å². The first-order chi connectivity index (χ1) is 15.3. The molecule has 32 heavy (non-hydrogen) atoms. The van der Waals surface area contributed by atoms with Gasteiger partial charge in [0.1, 0.15) is 5.82 Å². The zero-order chi connectivity index (χ0) is 24.1. The van der Waals surface area contributed by atoms with Crippen LogP contribution in [0.3, 0.4) is 0 Å². The van der Waals surface area contributed by atoms with E-state index in [9.17, 15) is 9.18 Å². The van der Waals surface area contributed by atoms with E-state index in [0.717, 1.165) is 66.5 Å². The van der Waals surface area contributed by atoms with Gasteiger partial charge in [-0.25, -0.2) is 4.39 Å². The number of carbonyl (C=O) groups is 1. The molecule has 0 atom stereocenters. The summed E-state index contributed by atoms with van der Waals surface area (Å²) in [6.45, 7) is 13.7. The fourth-order valence-electron chi connectivity index (χ4n) is 3.51. The van der Waals surface area contributed by atoms with Crippen molar-refractivity contribution in [3.63, 3.8) is 0 Å². The highest BCUT2D eigenvalue weighted by Crippen LogP contribution is 2.27. The minimum absolute atomic E-state index is 0.0410. The lowest BCUT2D eigenvalue weighted by Gasteiger charge is -2.28. The van der Waals surface area contributed by atoms with Crippen molar-refractivity contribution in [2.24, 2.45) is 0 Å². The fourth-order valence-corrected chi connectivity index (χ4v) is 3.51. The molecule has 0 unspecified atom stereocenters. The molecule has 0 bridgehead atoms. The number of Topliss-reactive ketones (excluding diaryl/α,β-unsaturated/α-hetero) is 1. The lowest BCUT2D eigenvalue weighted by molar-refractivity contribution is -0.114. The zero-order valence-corrected chi connectivity index (χ0v) is 20.3. The monoisotopic (exact) mass is 436 g/mol. The summed E-state index contributed by atoms with van der Waals surface area (Å²) in [4.78, 5) is 13.9. The average molecular weight is 437 g/mol. The predicted octanol–water partition coefficient (Wildman–Crippen LogP) is 7.70. The zero-order valence-electron chi connectivity index (χ0n) is 20.3. The summed E-state index contributed by atoms with van der Waals surface area (Å²) in [5.41, 5.74) is 5.35. The van der Waals surface area contributed by atoms with Crippen LogP contribution in [-0.2, 0) is 11.2 Å². The molecule has 0 fully saturated rings. The van der Waals surface area contributed by atoms with Gasteiger partial charge in [-0.15, -0.1) is 0 Å². The van der Waals surface area contributed by atoms with E-state index in [-0.39, 0.29) is 11.6 Å². The van der Waals surface area contributed by atoms with E-state index < -0.39 is 0 Å². The Balaban J connectivity index is 0.000000363. The molecule has 172 valence electrons. The average Bonchev–Trinajstić information content (AvgIpc) is 2.76. The molecule has 0 aliphatic carbocycles. The van der Waals surface area contributed by atoms with E-state index in [4.69, 9.17) is 5.26 Å². The number of rotatable bonds is 9. The largest absolute Gasteiger partial charge is 0.314 e. The van der Waals surface area contributed by atoms with Gasteiger partial charge in [-0.3, -0.25) is 4.79 Å². The number of benzene rings is 1. The second kappa shape index (κ2) is 14.2. The number of carbonyl (C=O) groups excluding carboxylic acids is 1. The molecule has 0 radical (unpaired) electrons. The maximum absolute atomic E-state index is 13.0. The summed E-state index contributed by atoms with van der Waals surface area (Å²) in [6.07, 6.45) is 12.0. The van der Waals surface area contributed by atoms with Crippen LogP contribution in [0.5, 0.6) is 0 Å². The Morgan fingerprint density at radius 2 is 1.91 bits per heavy atom. The Hall–Kier alpha value is -2.93. The topological polar surface area (TPSA) is 44.1 Å². The lowest BCUT2D eigenvalue weighted by Crippen LogP contribution is -2.23. The quantitative estimate of drug-likeness (QED) is 0.373. The van der Waals surface area contributed by atoms with Crippen molar-refractivity contribution in [2.45, 2.75) is 79.6 Å². The van der Waals surface area contributed by atoms with Gasteiger partial charge in [0.25, 0.3) is 0 Å². The van der Waals surface area contributed by atoms with Crippen molar-refractivity contribution < 1.29 is 9.18 Å². The molecule has 1 aliphatic rings. The second-order valence-corrected chi connectivity index (χ2v) is 8.03. The van der Waals surface area contributed by atoms with Gasteiger partial charge in [-0.2, -0.15) is 5.26 Å². The van der Waals surface area contributed by atoms with Crippen LogP contribution >= 0.6 is 0 Å². The highest BCUT2D eigenvalue weighted by molar-refractivity contribution is 5.94. The van der Waals surface area contributed by atoms with Crippen LogP contribution in [0.15, 0.2) is 65.7 Å². The summed E-state index contributed by atoms with van der Waals surface area (Å²) in [6, 6.07) is 7.63. The third kappa shape index (κ3) is 8.30. The van der Waals surface area contributed by atoms with Crippen LogP contribution < -0.4 is 0 Å². The summed E-state index contributed by atoms with van der Waals surface area (Å²) in [5, 5.41) is 8.81. The number of aryl methyl sites for hydroxylation is 2. The highest BCUT2D eigenvalue weighted by Gasteiger charge is 2.20. The van der Waals surface area contributed by atoms with Crippen molar-refractivity contribution in [1.82, 2.24) is 4.90 Å². The third-order valence-corrected chi connectivity index (χ3v) is 5.32. The van der Waals surface area contributed by atoms with Gasteiger partial charge in [0.05, 0.1) is 18.2 Å². The second-order valence-electron chi connectivity index (χ2n) is 8.03. The van der Waals surface area contributed by atoms with Gasteiger partial charge in [0, 0.05) is 18.8 Å². The van der Waals surface area contributed by atoms with Crippen LogP contribution in [-0.4, -0.2) is 10.7 Å². The molecular weight excluding hydrogens is 399 g/mol. The summed E-state index contributed by atoms with van der Waals surface area (Å²) in [5.74, 6) is -0.0390. The molecule has 0 saturated carbocycles. The van der Waals surface area contributed by atoms with Crippen LogP contribution in [0.4, 0.5) is 4.39 Å². The van der Waals surface area contributed by atoms with Gasteiger partial charge in [0.2, 0.25) is 0 Å². The number of nitriles is 1. The van der Waals surface area contributed by atoms with E-state index in [1.807, 2.05) is 35.4 Å². The molecule has 1 aromatic rings. The Morgan fingerprint density at radius 3 is 2.44 bits per heavy atom. The molecule has 1 aromatic carbocycles. The standard InChI is InChI=1S/C17H22N2O.C11H15F/c1-5-7-16(6-2)17(14(4)20)19-12-15(10-11-18)9-8-13(19)3;1-3-4-5-10-7-6-9(2)11(12)8-10/h8-9,12H,3,5-7,10H2,1-2,4H3;6-8H,3-5H2,1-2H3/b17-16-;.